The third kappa shape index (κ3) is 6.68. The van der Waals surface area contributed by atoms with Crippen LogP contribution in [0.1, 0.15) is 43.4 Å². The molecule has 0 atom stereocenters. The van der Waals surface area contributed by atoms with Crippen molar-refractivity contribution in [3.8, 4) is 5.75 Å². The molecular weight excluding hydrogens is 406 g/mol. The molecule has 1 aromatic heterocycles. The number of hydrogen-bond acceptors (Lipinski definition) is 6. The van der Waals surface area contributed by atoms with Crippen LogP contribution in [0.2, 0.25) is 0 Å². The number of ether oxygens (including phenoxy) is 1. The van der Waals surface area contributed by atoms with Crippen molar-refractivity contribution in [1.29, 1.82) is 0 Å². The fourth-order valence-corrected chi connectivity index (χ4v) is 4.45. The van der Waals surface area contributed by atoms with E-state index in [1.807, 2.05) is 6.07 Å². The number of carbonyl (C=O) groups excluding carboxylic acids is 1. The Bertz CT molecular complexity index is 916. The molecule has 0 radical (unpaired) electrons. The Morgan fingerprint density at radius 3 is 2.38 bits per heavy atom. The molecule has 0 bridgehead atoms. The topological polar surface area (TPSA) is 75.0 Å². The van der Waals surface area contributed by atoms with E-state index in [4.69, 9.17) is 9.15 Å². The highest BCUT2D eigenvalue weighted by atomic mass is 16.5. The van der Waals surface area contributed by atoms with Gasteiger partial charge in [0, 0.05) is 44.8 Å². The van der Waals surface area contributed by atoms with E-state index in [1.165, 1.54) is 24.3 Å². The van der Waals surface area contributed by atoms with Crippen molar-refractivity contribution in [1.82, 2.24) is 15.1 Å². The van der Waals surface area contributed by atoms with Gasteiger partial charge in [-0.15, -0.1) is 0 Å². The number of rotatable bonds is 8. The molecule has 1 saturated heterocycles. The van der Waals surface area contributed by atoms with Gasteiger partial charge in [0.15, 0.2) is 6.61 Å². The molecule has 1 amide bonds. The largest absolute Gasteiger partial charge is 0.477 e. The first-order chi connectivity index (χ1) is 15.7. The van der Waals surface area contributed by atoms with E-state index in [-0.39, 0.29) is 29.7 Å². The molecule has 1 aliphatic carbocycles. The maximum atomic E-state index is 12.4. The molecule has 1 aromatic carbocycles. The average molecular weight is 440 g/mol. The van der Waals surface area contributed by atoms with Gasteiger partial charge in [0.2, 0.25) is 11.2 Å². The lowest BCUT2D eigenvalue weighted by Crippen LogP contribution is -2.45. The van der Waals surface area contributed by atoms with Gasteiger partial charge in [-0.25, -0.2) is 0 Å². The van der Waals surface area contributed by atoms with Crippen molar-refractivity contribution in [3.05, 3.63) is 64.2 Å². The van der Waals surface area contributed by atoms with Crippen molar-refractivity contribution in [2.24, 2.45) is 0 Å². The van der Waals surface area contributed by atoms with Crippen molar-refractivity contribution in [2.45, 2.75) is 51.2 Å². The van der Waals surface area contributed by atoms with Crippen LogP contribution in [0.5, 0.6) is 5.75 Å². The Balaban J connectivity index is 1.20. The first-order valence-electron chi connectivity index (χ1n) is 11.7. The number of nitrogens with one attached hydrogen (secondary N) is 1. The highest BCUT2D eigenvalue weighted by Gasteiger charge is 2.19. The zero-order chi connectivity index (χ0) is 22.2. The summed E-state index contributed by atoms with van der Waals surface area (Å²) in [4.78, 5) is 29.2. The van der Waals surface area contributed by atoms with E-state index in [2.05, 4.69) is 39.4 Å². The van der Waals surface area contributed by atoms with E-state index in [0.717, 1.165) is 58.4 Å². The first-order valence-corrected chi connectivity index (χ1v) is 11.7. The molecule has 4 rings (SSSR count). The number of amides is 1. The van der Waals surface area contributed by atoms with Gasteiger partial charge in [0.25, 0.3) is 5.91 Å². The maximum absolute atomic E-state index is 12.4. The quantitative estimate of drug-likeness (QED) is 0.682. The van der Waals surface area contributed by atoms with Gasteiger partial charge in [-0.1, -0.05) is 49.6 Å². The Morgan fingerprint density at radius 2 is 1.69 bits per heavy atom. The third-order valence-corrected chi connectivity index (χ3v) is 6.27. The number of piperazine rings is 1. The first kappa shape index (κ1) is 22.6. The van der Waals surface area contributed by atoms with Crippen LogP contribution >= 0.6 is 0 Å². The van der Waals surface area contributed by atoms with Gasteiger partial charge in [0.1, 0.15) is 12.0 Å². The summed E-state index contributed by atoms with van der Waals surface area (Å²) in [5.41, 5.74) is 1.08. The molecule has 1 N–H and O–H groups in total. The monoisotopic (exact) mass is 439 g/mol. The molecular formula is C25H33N3O4. The minimum Gasteiger partial charge on any atom is -0.477 e. The summed E-state index contributed by atoms with van der Waals surface area (Å²) in [6, 6.07) is 12.2. The standard InChI is InChI=1S/C25H33N3O4/c29-23-15-22(17-28-13-11-27(12-14-28)16-20-7-3-1-4-8-20)31-18-24(23)32-19-25(30)26-21-9-5-2-6-10-21/h1,3-4,7-8,15,18,21H,2,5-6,9-14,16-17,19H2,(H,26,30). The van der Waals surface area contributed by atoms with E-state index < -0.39 is 0 Å². The second-order valence-electron chi connectivity index (χ2n) is 8.80. The van der Waals surface area contributed by atoms with Crippen LogP contribution in [-0.2, 0) is 17.9 Å². The summed E-state index contributed by atoms with van der Waals surface area (Å²) in [6.45, 7) is 5.21. The van der Waals surface area contributed by atoms with Crippen molar-refractivity contribution in [3.63, 3.8) is 0 Å². The molecule has 1 saturated carbocycles. The van der Waals surface area contributed by atoms with Crippen LogP contribution in [0.4, 0.5) is 0 Å². The minimum absolute atomic E-state index is 0.0835. The molecule has 32 heavy (non-hydrogen) atoms. The SMILES string of the molecule is O=C(COc1coc(CN2CCN(Cc3ccccc3)CC2)cc1=O)NC1CCCCC1. The Kier molecular flexibility index (Phi) is 7.96. The number of nitrogens with zero attached hydrogens (tertiary/aromatic N) is 2. The zero-order valence-corrected chi connectivity index (χ0v) is 18.6. The Hall–Kier alpha value is -2.64. The van der Waals surface area contributed by atoms with Crippen LogP contribution in [0.3, 0.4) is 0 Å². The van der Waals surface area contributed by atoms with Gasteiger partial charge < -0.3 is 14.5 Å². The highest BCUT2D eigenvalue weighted by Crippen LogP contribution is 2.17. The second-order valence-corrected chi connectivity index (χ2v) is 8.80. The van der Waals surface area contributed by atoms with Gasteiger partial charge in [-0.05, 0) is 18.4 Å². The summed E-state index contributed by atoms with van der Waals surface area (Å²) in [5.74, 6) is 0.513. The lowest BCUT2D eigenvalue weighted by molar-refractivity contribution is -0.124. The third-order valence-electron chi connectivity index (χ3n) is 6.27. The van der Waals surface area contributed by atoms with Gasteiger partial charge >= 0.3 is 0 Å². The van der Waals surface area contributed by atoms with Crippen LogP contribution in [0.15, 0.2) is 51.9 Å². The van der Waals surface area contributed by atoms with Crippen LogP contribution < -0.4 is 15.5 Å². The molecule has 172 valence electrons. The molecule has 2 heterocycles. The molecule has 2 aliphatic rings. The lowest BCUT2D eigenvalue weighted by Gasteiger charge is -2.34. The van der Waals surface area contributed by atoms with E-state index in [0.29, 0.717) is 12.3 Å². The fraction of sp³-hybridized carbons (Fsp3) is 0.520. The average Bonchev–Trinajstić information content (AvgIpc) is 2.81. The molecule has 7 nitrogen and oxygen atoms in total. The summed E-state index contributed by atoms with van der Waals surface area (Å²) < 4.78 is 11.1. The van der Waals surface area contributed by atoms with Gasteiger partial charge in [-0.3, -0.25) is 19.4 Å². The predicted molar refractivity (Wildman–Crippen MR) is 122 cm³/mol. The van der Waals surface area contributed by atoms with Crippen molar-refractivity contribution in [2.75, 3.05) is 32.8 Å². The summed E-state index contributed by atoms with van der Waals surface area (Å²) in [7, 11) is 0. The number of hydrogen-bond donors (Lipinski definition) is 1. The minimum atomic E-state index is -0.251. The van der Waals surface area contributed by atoms with Crippen molar-refractivity contribution < 1.29 is 13.9 Å². The normalized spacial score (nSPS) is 18.4. The second kappa shape index (κ2) is 11.3. The maximum Gasteiger partial charge on any atom is 0.258 e. The molecule has 0 unspecified atom stereocenters. The summed E-state index contributed by atoms with van der Waals surface area (Å²) in [6.07, 6.45) is 6.90. The van der Waals surface area contributed by atoms with Gasteiger partial charge in [-0.2, -0.15) is 0 Å². The van der Waals surface area contributed by atoms with E-state index in [1.54, 1.807) is 0 Å². The molecule has 2 aromatic rings. The predicted octanol–water partition coefficient (Wildman–Crippen LogP) is 2.79. The Morgan fingerprint density at radius 1 is 1.00 bits per heavy atom. The molecule has 2 fully saturated rings. The lowest BCUT2D eigenvalue weighted by atomic mass is 9.95. The fourth-order valence-electron chi connectivity index (χ4n) is 4.45. The zero-order valence-electron chi connectivity index (χ0n) is 18.6. The molecule has 7 heteroatoms. The summed E-state index contributed by atoms with van der Waals surface area (Å²) >= 11 is 0. The molecule has 0 spiro atoms. The number of carbonyl (C=O) groups is 1. The van der Waals surface area contributed by atoms with Crippen LogP contribution in [0, 0.1) is 0 Å². The molecule has 1 aliphatic heterocycles. The Labute approximate surface area is 189 Å². The van der Waals surface area contributed by atoms with Crippen LogP contribution in [-0.4, -0.2) is 54.5 Å². The van der Waals surface area contributed by atoms with Crippen molar-refractivity contribution >= 4 is 5.91 Å². The highest BCUT2D eigenvalue weighted by molar-refractivity contribution is 5.77. The van der Waals surface area contributed by atoms with E-state index >= 15 is 0 Å². The van der Waals surface area contributed by atoms with Crippen LogP contribution in [0.25, 0.3) is 0 Å². The summed E-state index contributed by atoms with van der Waals surface area (Å²) in [5, 5.41) is 2.99. The van der Waals surface area contributed by atoms with E-state index in [9.17, 15) is 9.59 Å². The smallest absolute Gasteiger partial charge is 0.258 e. The number of benzene rings is 1. The van der Waals surface area contributed by atoms with Gasteiger partial charge in [0.05, 0.1) is 6.54 Å².